The number of benzene rings is 2. The molecule has 2 fully saturated rings. The van der Waals surface area contributed by atoms with E-state index in [1.165, 1.54) is 0 Å². The Labute approximate surface area is 220 Å². The second kappa shape index (κ2) is 12.3. The lowest BCUT2D eigenvalue weighted by molar-refractivity contribution is -0.150. The van der Waals surface area contributed by atoms with Crippen LogP contribution >= 0.6 is 23.2 Å². The predicted octanol–water partition coefficient (Wildman–Crippen LogP) is 4.40. The Bertz CT molecular complexity index is 1040. The number of carbonyl (C=O) groups excluding carboxylic acids is 2. The summed E-state index contributed by atoms with van der Waals surface area (Å²) in [6.07, 6.45) is -0.130. The summed E-state index contributed by atoms with van der Waals surface area (Å²) in [6, 6.07) is 13.7. The monoisotopic (exact) mass is 535 g/mol. The summed E-state index contributed by atoms with van der Waals surface area (Å²) in [6.45, 7) is 2.33. The second-order valence-corrected chi connectivity index (χ2v) is 10.2. The summed E-state index contributed by atoms with van der Waals surface area (Å²) in [5, 5.41) is 17.0. The number of aliphatic hydroxyl groups excluding tert-OH is 1. The predicted molar refractivity (Wildman–Crippen MR) is 138 cm³/mol. The van der Waals surface area contributed by atoms with Gasteiger partial charge < -0.3 is 30.1 Å². The number of fused-ring (bicyclic) bond motifs is 1. The van der Waals surface area contributed by atoms with Crippen molar-refractivity contribution in [1.29, 1.82) is 0 Å². The molecule has 10 heteroatoms. The molecule has 0 radical (unpaired) electrons. The molecule has 3 amide bonds. The van der Waals surface area contributed by atoms with Gasteiger partial charge in [0.2, 0.25) is 5.91 Å². The van der Waals surface area contributed by atoms with Gasteiger partial charge in [0.15, 0.2) is 0 Å². The van der Waals surface area contributed by atoms with E-state index >= 15 is 0 Å². The van der Waals surface area contributed by atoms with Crippen LogP contribution in [-0.4, -0.2) is 66.1 Å². The van der Waals surface area contributed by atoms with E-state index in [4.69, 9.17) is 32.7 Å². The number of urea groups is 1. The van der Waals surface area contributed by atoms with Gasteiger partial charge in [-0.1, -0.05) is 53.5 Å². The van der Waals surface area contributed by atoms with Gasteiger partial charge in [0.05, 0.1) is 50.5 Å². The summed E-state index contributed by atoms with van der Waals surface area (Å²) in [5.41, 5.74) is 1.49. The van der Waals surface area contributed by atoms with Crippen LogP contribution in [0, 0.1) is 0 Å². The van der Waals surface area contributed by atoms with Gasteiger partial charge in [0.25, 0.3) is 0 Å². The lowest BCUT2D eigenvalue weighted by atomic mass is 9.94. The second-order valence-electron chi connectivity index (χ2n) is 9.28. The van der Waals surface area contributed by atoms with E-state index in [2.05, 4.69) is 10.6 Å². The third-order valence-corrected chi connectivity index (χ3v) is 6.88. The number of halogens is 2. The number of β-amino-alcohol motifs (C(OH)–C–C–N with tert-alkyl or cyclic N) is 1. The Kier molecular flexibility index (Phi) is 9.09. The van der Waals surface area contributed by atoms with Gasteiger partial charge in [-0.3, -0.25) is 4.79 Å². The molecule has 0 bridgehead atoms. The maximum Gasteiger partial charge on any atom is 0.322 e. The van der Waals surface area contributed by atoms with E-state index < -0.39 is 12.2 Å². The number of nitrogens with one attached hydrogen (secondary N) is 2. The van der Waals surface area contributed by atoms with Gasteiger partial charge in [-0.05, 0) is 43.5 Å². The normalized spacial score (nSPS) is 25.2. The Balaban J connectivity index is 1.39. The van der Waals surface area contributed by atoms with E-state index in [-0.39, 0.29) is 56.3 Å². The lowest BCUT2D eigenvalue weighted by Crippen LogP contribution is -2.58. The number of anilines is 1. The van der Waals surface area contributed by atoms with E-state index in [1.54, 1.807) is 23.1 Å². The fourth-order valence-corrected chi connectivity index (χ4v) is 5.25. The van der Waals surface area contributed by atoms with E-state index in [1.807, 2.05) is 37.3 Å². The van der Waals surface area contributed by atoms with Crippen molar-refractivity contribution >= 4 is 40.8 Å². The Hall–Kier alpha value is -2.36. The third-order valence-electron chi connectivity index (χ3n) is 6.45. The number of nitrogens with zero attached hydrogens (tertiary/aromatic N) is 1. The number of rotatable bonds is 5. The van der Waals surface area contributed by atoms with Crippen LogP contribution in [0.3, 0.4) is 0 Å². The number of hydrogen-bond acceptors (Lipinski definition) is 5. The third kappa shape index (κ3) is 7.11. The molecule has 0 saturated carbocycles. The average molecular weight is 536 g/mol. The quantitative estimate of drug-likeness (QED) is 0.526. The van der Waals surface area contributed by atoms with Crippen molar-refractivity contribution in [3.63, 3.8) is 0 Å². The minimum atomic E-state index is -0.831. The minimum absolute atomic E-state index is 0.0824. The molecule has 2 aromatic carbocycles. The molecule has 194 valence electrons. The van der Waals surface area contributed by atoms with Crippen LogP contribution in [0.1, 0.15) is 37.8 Å². The van der Waals surface area contributed by atoms with Crippen molar-refractivity contribution in [2.75, 3.05) is 25.1 Å². The first-order valence-electron chi connectivity index (χ1n) is 12.1. The standard InChI is InChI=1S/C26H31Cl2N3O5/c1-16(17-5-3-2-4-6-17)29-25(33)12-22-7-8-23-24(36-22)15-35-14-21(32)13-31(23)26(34)30-20-10-18(27)9-19(28)11-20/h2-6,9-11,16,21-24,32H,7-8,12-15H2,1H3,(H,29,33)(H,30,34)/t16-,21+,22-,23+,24-/m1/s1. The number of amides is 3. The minimum Gasteiger partial charge on any atom is -0.389 e. The van der Waals surface area contributed by atoms with E-state index in [9.17, 15) is 14.7 Å². The van der Waals surface area contributed by atoms with Crippen molar-refractivity contribution in [2.45, 2.75) is 56.6 Å². The SMILES string of the molecule is C[C@@H](NC(=O)C[C@H]1CC[C@H]2[C@@H](COC[C@@H](O)CN2C(=O)Nc2cc(Cl)cc(Cl)c2)O1)c1ccccc1. The van der Waals surface area contributed by atoms with Crippen LogP contribution in [0.2, 0.25) is 10.0 Å². The lowest BCUT2D eigenvalue weighted by Gasteiger charge is -2.44. The molecule has 3 N–H and O–H groups in total. The molecule has 0 unspecified atom stereocenters. The summed E-state index contributed by atoms with van der Waals surface area (Å²) >= 11 is 12.1. The molecule has 36 heavy (non-hydrogen) atoms. The number of ether oxygens (including phenoxy) is 2. The molecule has 4 rings (SSSR count). The molecule has 0 aliphatic carbocycles. The Morgan fingerprint density at radius 2 is 1.83 bits per heavy atom. The van der Waals surface area contributed by atoms with Gasteiger partial charge in [-0.25, -0.2) is 4.79 Å². The molecule has 0 spiro atoms. The van der Waals surface area contributed by atoms with E-state index in [0.29, 0.717) is 28.6 Å². The number of aliphatic hydroxyl groups is 1. The van der Waals surface area contributed by atoms with Gasteiger partial charge in [0, 0.05) is 15.7 Å². The van der Waals surface area contributed by atoms with Crippen molar-refractivity contribution < 1.29 is 24.2 Å². The molecule has 2 heterocycles. The van der Waals surface area contributed by atoms with Crippen molar-refractivity contribution in [3.8, 4) is 0 Å². The fourth-order valence-electron chi connectivity index (χ4n) is 4.73. The average Bonchev–Trinajstić information content (AvgIpc) is 2.81. The van der Waals surface area contributed by atoms with Crippen LogP contribution in [0.25, 0.3) is 0 Å². The largest absolute Gasteiger partial charge is 0.389 e. The molecule has 0 aromatic heterocycles. The maximum absolute atomic E-state index is 13.2. The van der Waals surface area contributed by atoms with Crippen molar-refractivity contribution in [2.24, 2.45) is 0 Å². The summed E-state index contributed by atoms with van der Waals surface area (Å²) < 4.78 is 11.9. The van der Waals surface area contributed by atoms with Crippen LogP contribution in [-0.2, 0) is 14.3 Å². The zero-order valence-electron chi connectivity index (χ0n) is 20.0. The molecule has 2 saturated heterocycles. The fraction of sp³-hybridized carbons (Fsp3) is 0.462. The summed E-state index contributed by atoms with van der Waals surface area (Å²) in [5.74, 6) is -0.0931. The topological polar surface area (TPSA) is 100 Å². The highest BCUT2D eigenvalue weighted by atomic mass is 35.5. The first-order valence-corrected chi connectivity index (χ1v) is 12.8. The summed E-state index contributed by atoms with van der Waals surface area (Å²) in [4.78, 5) is 27.5. The smallest absolute Gasteiger partial charge is 0.322 e. The van der Waals surface area contributed by atoms with Crippen LogP contribution in [0.4, 0.5) is 10.5 Å². The Morgan fingerprint density at radius 3 is 2.56 bits per heavy atom. The summed E-state index contributed by atoms with van der Waals surface area (Å²) in [7, 11) is 0. The number of hydrogen-bond donors (Lipinski definition) is 3. The van der Waals surface area contributed by atoms with Gasteiger partial charge in [0.1, 0.15) is 6.10 Å². The zero-order valence-corrected chi connectivity index (χ0v) is 21.5. The maximum atomic E-state index is 13.2. The van der Waals surface area contributed by atoms with Gasteiger partial charge in [-0.2, -0.15) is 0 Å². The van der Waals surface area contributed by atoms with Crippen molar-refractivity contribution in [3.05, 3.63) is 64.1 Å². The molecular formula is C26H31Cl2N3O5. The van der Waals surface area contributed by atoms with Gasteiger partial charge >= 0.3 is 6.03 Å². The highest BCUT2D eigenvalue weighted by Crippen LogP contribution is 2.29. The molecule has 2 aliphatic heterocycles. The van der Waals surface area contributed by atoms with E-state index in [0.717, 1.165) is 5.56 Å². The Morgan fingerprint density at radius 1 is 1.11 bits per heavy atom. The molecule has 8 nitrogen and oxygen atoms in total. The van der Waals surface area contributed by atoms with Crippen molar-refractivity contribution in [1.82, 2.24) is 10.2 Å². The zero-order chi connectivity index (χ0) is 25.7. The highest BCUT2D eigenvalue weighted by Gasteiger charge is 2.40. The molecular weight excluding hydrogens is 505 g/mol. The molecule has 2 aromatic rings. The molecule has 5 atom stereocenters. The number of carbonyl (C=O) groups is 2. The van der Waals surface area contributed by atoms with Crippen LogP contribution in [0.15, 0.2) is 48.5 Å². The molecule has 2 aliphatic rings. The first-order chi connectivity index (χ1) is 17.3. The van der Waals surface area contributed by atoms with Gasteiger partial charge in [-0.15, -0.1) is 0 Å². The first kappa shape index (κ1) is 26.7. The van der Waals surface area contributed by atoms with Crippen LogP contribution < -0.4 is 10.6 Å². The highest BCUT2D eigenvalue weighted by molar-refractivity contribution is 6.35. The van der Waals surface area contributed by atoms with Crippen LogP contribution in [0.5, 0.6) is 0 Å².